The fraction of sp³-hybridized carbons (Fsp3) is 0.417. The van der Waals surface area contributed by atoms with Crippen LogP contribution in [0.5, 0.6) is 0 Å². The van der Waals surface area contributed by atoms with Crippen molar-refractivity contribution in [3.63, 3.8) is 0 Å². The molecule has 0 spiro atoms. The predicted octanol–water partition coefficient (Wildman–Crippen LogP) is 4.87. The van der Waals surface area contributed by atoms with Crippen LogP contribution in [0.3, 0.4) is 0 Å². The molecule has 21 heavy (non-hydrogen) atoms. The molecule has 118 valence electrons. The Kier molecular flexibility index (Phi) is 4.64. The number of Topliss-reactive ketones (excluding diaryl/α,β-unsaturated/α-hetero) is 1. The van der Waals surface area contributed by atoms with Crippen molar-refractivity contribution in [1.82, 2.24) is 0 Å². The Balaban J connectivity index is 2.74. The molecule has 0 aromatic heterocycles. The Morgan fingerprint density at radius 3 is 1.71 bits per heavy atom. The Labute approximate surface area is 113 Å². The van der Waals surface area contributed by atoms with Crippen molar-refractivity contribution in [3.05, 3.63) is 35.4 Å². The van der Waals surface area contributed by atoms with E-state index in [1.165, 1.54) is 0 Å². The molecule has 0 aliphatic rings. The van der Waals surface area contributed by atoms with E-state index in [1.54, 1.807) is 0 Å². The summed E-state index contributed by atoms with van der Waals surface area (Å²) in [5.74, 6) is -6.11. The van der Waals surface area contributed by atoms with Gasteiger partial charge in [-0.15, -0.1) is 0 Å². The van der Waals surface area contributed by atoms with E-state index in [4.69, 9.17) is 0 Å². The van der Waals surface area contributed by atoms with Gasteiger partial charge in [0.05, 0.1) is 5.56 Å². The van der Waals surface area contributed by atoms with Crippen molar-refractivity contribution >= 4 is 5.78 Å². The molecule has 0 amide bonds. The average molecular weight is 320 g/mol. The summed E-state index contributed by atoms with van der Waals surface area (Å²) in [6.07, 6.45) is -13.3. The third-order valence-electron chi connectivity index (χ3n) is 2.61. The average Bonchev–Trinajstić information content (AvgIpc) is 2.34. The maximum absolute atomic E-state index is 12.6. The van der Waals surface area contributed by atoms with E-state index in [2.05, 4.69) is 0 Å². The largest absolute Gasteiger partial charge is 0.453 e. The second-order valence-electron chi connectivity index (χ2n) is 4.20. The van der Waals surface area contributed by atoms with Crippen molar-refractivity contribution in [2.75, 3.05) is 0 Å². The van der Waals surface area contributed by atoms with Crippen molar-refractivity contribution in [3.8, 4) is 0 Å². The first-order valence-electron chi connectivity index (χ1n) is 5.49. The van der Waals surface area contributed by atoms with Crippen LogP contribution in [0, 0.1) is 0 Å². The highest BCUT2D eigenvalue weighted by atomic mass is 19.4. The minimum absolute atomic E-state index is 0.360. The zero-order valence-electron chi connectivity index (χ0n) is 10.2. The van der Waals surface area contributed by atoms with Crippen molar-refractivity contribution in [1.29, 1.82) is 0 Å². The number of halogens is 8. The first kappa shape index (κ1) is 17.4. The molecule has 0 aliphatic heterocycles. The Bertz CT molecular complexity index is 497. The van der Waals surface area contributed by atoms with E-state index in [0.29, 0.717) is 12.1 Å². The van der Waals surface area contributed by atoms with Gasteiger partial charge in [-0.05, 0) is 12.1 Å². The normalized spacial score (nSPS) is 13.3. The Hall–Kier alpha value is -1.67. The highest BCUT2D eigenvalue weighted by Gasteiger charge is 2.56. The minimum atomic E-state index is -5.77. The molecule has 0 heterocycles. The molecule has 0 saturated carbocycles. The zero-order valence-corrected chi connectivity index (χ0v) is 10.2. The molecule has 1 aromatic rings. The number of carbonyl (C=O) groups is 1. The predicted molar refractivity (Wildman–Crippen MR) is 56.0 cm³/mol. The number of carbonyl (C=O) groups excluding carboxylic acids is 1. The first-order chi connectivity index (χ1) is 9.34. The zero-order chi connectivity index (χ0) is 16.5. The third kappa shape index (κ3) is 4.40. The van der Waals surface area contributed by atoms with Gasteiger partial charge in [-0.2, -0.15) is 35.1 Å². The van der Waals surface area contributed by atoms with Crippen LogP contribution < -0.4 is 0 Å². The van der Waals surface area contributed by atoms with Crippen LogP contribution >= 0.6 is 0 Å². The van der Waals surface area contributed by atoms with E-state index in [0.717, 1.165) is 12.1 Å². The third-order valence-corrected chi connectivity index (χ3v) is 2.61. The molecule has 1 nitrogen and oxygen atoms in total. The van der Waals surface area contributed by atoms with Crippen LogP contribution in [0.1, 0.15) is 28.8 Å². The summed E-state index contributed by atoms with van der Waals surface area (Å²) < 4.78 is 97.6. The van der Waals surface area contributed by atoms with E-state index in [1.807, 2.05) is 0 Å². The first-order valence-corrected chi connectivity index (χ1v) is 5.49. The molecule has 0 fully saturated rings. The second kappa shape index (κ2) is 5.61. The lowest BCUT2D eigenvalue weighted by Gasteiger charge is -2.18. The minimum Gasteiger partial charge on any atom is -0.294 e. The van der Waals surface area contributed by atoms with Gasteiger partial charge >= 0.3 is 18.3 Å². The van der Waals surface area contributed by atoms with E-state index >= 15 is 0 Å². The fourth-order valence-corrected chi connectivity index (χ4v) is 1.40. The quantitative estimate of drug-likeness (QED) is 0.571. The van der Waals surface area contributed by atoms with Crippen LogP contribution in [0.2, 0.25) is 0 Å². The van der Waals surface area contributed by atoms with Crippen molar-refractivity contribution < 1.29 is 39.9 Å². The topological polar surface area (TPSA) is 17.1 Å². The highest BCUT2D eigenvalue weighted by molar-refractivity contribution is 5.96. The van der Waals surface area contributed by atoms with Crippen LogP contribution in [-0.2, 0) is 6.18 Å². The molecular formula is C12H8F8O. The summed E-state index contributed by atoms with van der Waals surface area (Å²) in [7, 11) is 0. The van der Waals surface area contributed by atoms with Crippen LogP contribution in [-0.4, -0.2) is 17.9 Å². The van der Waals surface area contributed by atoms with Gasteiger partial charge in [0.2, 0.25) is 0 Å². The van der Waals surface area contributed by atoms with Gasteiger partial charge < -0.3 is 0 Å². The SMILES string of the molecule is O=C(CCC(F)(F)C(F)(F)F)c1ccc(C(F)(F)F)cc1. The molecule has 0 radical (unpaired) electrons. The molecule has 0 saturated heterocycles. The number of ketones is 1. The van der Waals surface area contributed by atoms with Crippen LogP contribution in [0.25, 0.3) is 0 Å². The lowest BCUT2D eigenvalue weighted by atomic mass is 10.0. The Morgan fingerprint density at radius 1 is 0.857 bits per heavy atom. The number of hydrogen-bond acceptors (Lipinski definition) is 1. The standard InChI is InChI=1S/C12H8F8O/c13-10(14,12(18,19)20)6-5-9(21)7-1-3-8(4-2-7)11(15,16)17/h1-4H,5-6H2. The molecule has 0 N–H and O–H groups in total. The number of alkyl halides is 8. The smallest absolute Gasteiger partial charge is 0.294 e. The second-order valence-corrected chi connectivity index (χ2v) is 4.20. The summed E-state index contributed by atoms with van der Waals surface area (Å²) in [6, 6.07) is 2.57. The molecule has 9 heteroatoms. The Morgan fingerprint density at radius 2 is 1.33 bits per heavy atom. The van der Waals surface area contributed by atoms with Gasteiger partial charge in [0.1, 0.15) is 0 Å². The molecule has 0 unspecified atom stereocenters. The van der Waals surface area contributed by atoms with E-state index in [9.17, 15) is 39.9 Å². The fourth-order valence-electron chi connectivity index (χ4n) is 1.40. The van der Waals surface area contributed by atoms with Gasteiger partial charge in [0, 0.05) is 18.4 Å². The van der Waals surface area contributed by atoms with Crippen molar-refractivity contribution in [2.24, 2.45) is 0 Å². The monoisotopic (exact) mass is 320 g/mol. The maximum atomic E-state index is 12.6. The van der Waals surface area contributed by atoms with Crippen LogP contribution in [0.4, 0.5) is 35.1 Å². The van der Waals surface area contributed by atoms with Crippen molar-refractivity contribution in [2.45, 2.75) is 31.1 Å². The van der Waals surface area contributed by atoms with Gasteiger partial charge in [0.15, 0.2) is 5.78 Å². The summed E-state index contributed by atoms with van der Waals surface area (Å²) in [5, 5.41) is 0. The summed E-state index contributed by atoms with van der Waals surface area (Å²) in [6.45, 7) is 0. The molecular weight excluding hydrogens is 312 g/mol. The van der Waals surface area contributed by atoms with Gasteiger partial charge in [-0.3, -0.25) is 4.79 Å². The van der Waals surface area contributed by atoms with E-state index < -0.39 is 42.5 Å². The molecule has 1 rings (SSSR count). The van der Waals surface area contributed by atoms with Gasteiger partial charge in [-0.25, -0.2) is 0 Å². The van der Waals surface area contributed by atoms with Crippen LogP contribution in [0.15, 0.2) is 24.3 Å². The van der Waals surface area contributed by atoms with Gasteiger partial charge in [0.25, 0.3) is 0 Å². The molecule has 0 aliphatic carbocycles. The summed E-state index contributed by atoms with van der Waals surface area (Å²) in [4.78, 5) is 11.4. The lowest BCUT2D eigenvalue weighted by molar-refractivity contribution is -0.283. The van der Waals surface area contributed by atoms with Gasteiger partial charge in [-0.1, -0.05) is 12.1 Å². The molecule has 1 aromatic carbocycles. The summed E-state index contributed by atoms with van der Waals surface area (Å²) >= 11 is 0. The maximum Gasteiger partial charge on any atom is 0.453 e. The summed E-state index contributed by atoms with van der Waals surface area (Å²) in [5.41, 5.74) is -1.42. The number of hydrogen-bond donors (Lipinski definition) is 0. The lowest BCUT2D eigenvalue weighted by Crippen LogP contribution is -2.36. The van der Waals surface area contributed by atoms with E-state index in [-0.39, 0.29) is 5.56 Å². The number of rotatable bonds is 4. The molecule has 0 atom stereocenters. The number of benzene rings is 1. The highest BCUT2D eigenvalue weighted by Crippen LogP contribution is 2.39. The molecule has 0 bridgehead atoms.